The van der Waals surface area contributed by atoms with Gasteiger partial charge >= 0.3 is 5.69 Å². The number of benzene rings is 2. The maximum Gasteiger partial charge on any atom is 0.311 e. The summed E-state index contributed by atoms with van der Waals surface area (Å²) in [5.74, 6) is 0.237. The molecule has 1 unspecified atom stereocenters. The van der Waals surface area contributed by atoms with E-state index in [1.165, 1.54) is 12.1 Å². The van der Waals surface area contributed by atoms with Gasteiger partial charge in [0.05, 0.1) is 4.92 Å². The van der Waals surface area contributed by atoms with E-state index < -0.39 is 11.0 Å². The number of nitro benzene ring substituents is 1. The smallest absolute Gasteiger partial charge is 0.311 e. The molecule has 1 atom stereocenters. The summed E-state index contributed by atoms with van der Waals surface area (Å²) in [6, 6.07) is 10.3. The number of rotatable bonds is 3. The van der Waals surface area contributed by atoms with Crippen molar-refractivity contribution in [1.29, 1.82) is 0 Å². The summed E-state index contributed by atoms with van der Waals surface area (Å²) in [7, 11) is 0. The third kappa shape index (κ3) is 2.30. The van der Waals surface area contributed by atoms with Crippen LogP contribution in [0.4, 0.5) is 11.4 Å². The molecule has 1 aliphatic heterocycles. The van der Waals surface area contributed by atoms with Crippen LogP contribution >= 0.6 is 0 Å². The van der Waals surface area contributed by atoms with E-state index in [0.717, 1.165) is 0 Å². The van der Waals surface area contributed by atoms with Crippen LogP contribution in [-0.4, -0.2) is 10.8 Å². The van der Waals surface area contributed by atoms with Gasteiger partial charge in [0.15, 0.2) is 0 Å². The van der Waals surface area contributed by atoms with Crippen molar-refractivity contribution < 1.29 is 14.5 Å². The molecule has 3 rings (SSSR count). The van der Waals surface area contributed by atoms with Crippen molar-refractivity contribution in [2.45, 2.75) is 6.04 Å². The Bertz CT molecular complexity index is 745. The highest BCUT2D eigenvalue weighted by atomic mass is 16.6. The average molecular weight is 285 g/mol. The molecule has 0 radical (unpaired) electrons. The molecule has 0 bridgehead atoms. The van der Waals surface area contributed by atoms with Gasteiger partial charge in [0.25, 0.3) is 0 Å². The fourth-order valence-corrected chi connectivity index (χ4v) is 2.15. The number of para-hydroxylation sites is 2. The Kier molecular flexibility index (Phi) is 3.03. The number of amides is 1. The van der Waals surface area contributed by atoms with Crippen molar-refractivity contribution in [1.82, 2.24) is 0 Å². The lowest BCUT2D eigenvalue weighted by Gasteiger charge is -2.08. The van der Waals surface area contributed by atoms with Gasteiger partial charge in [-0.15, -0.1) is 0 Å². The largest absolute Gasteiger partial charge is 0.450 e. The van der Waals surface area contributed by atoms with Gasteiger partial charge in [-0.1, -0.05) is 18.2 Å². The van der Waals surface area contributed by atoms with Gasteiger partial charge in [-0.05, 0) is 12.1 Å². The molecule has 7 nitrogen and oxygen atoms in total. The molecule has 0 fully saturated rings. The molecule has 2 aromatic rings. The van der Waals surface area contributed by atoms with Crippen molar-refractivity contribution in [2.75, 3.05) is 5.32 Å². The van der Waals surface area contributed by atoms with E-state index in [1.807, 2.05) is 0 Å². The van der Waals surface area contributed by atoms with Crippen LogP contribution in [0.5, 0.6) is 11.5 Å². The maximum absolute atomic E-state index is 11.5. The second kappa shape index (κ2) is 4.88. The number of carbonyl (C=O) groups excluding carboxylic acids is 1. The number of nitrogens with zero attached hydrogens (tertiary/aromatic N) is 1. The Morgan fingerprint density at radius 3 is 2.76 bits per heavy atom. The normalized spacial score (nSPS) is 16.2. The van der Waals surface area contributed by atoms with Crippen molar-refractivity contribution in [3.05, 3.63) is 58.1 Å². The molecule has 0 saturated carbocycles. The molecule has 1 heterocycles. The van der Waals surface area contributed by atoms with Crippen LogP contribution in [0.15, 0.2) is 42.5 Å². The van der Waals surface area contributed by atoms with E-state index in [4.69, 9.17) is 10.5 Å². The molecule has 2 aromatic carbocycles. The van der Waals surface area contributed by atoms with E-state index in [1.54, 1.807) is 30.3 Å². The first-order valence-corrected chi connectivity index (χ1v) is 6.18. The molecule has 1 amide bonds. The fraction of sp³-hybridized carbons (Fsp3) is 0.0714. The molecule has 0 aliphatic carbocycles. The highest BCUT2D eigenvalue weighted by molar-refractivity contribution is 6.02. The fourth-order valence-electron chi connectivity index (χ4n) is 2.15. The molecular formula is C14H11N3O4. The predicted octanol–water partition coefficient (Wildman–Crippen LogP) is 2.34. The van der Waals surface area contributed by atoms with Crippen LogP contribution in [0.3, 0.4) is 0 Å². The van der Waals surface area contributed by atoms with Crippen LogP contribution < -0.4 is 15.8 Å². The second-order valence-corrected chi connectivity index (χ2v) is 4.54. The maximum atomic E-state index is 11.5. The van der Waals surface area contributed by atoms with Gasteiger partial charge in [-0.3, -0.25) is 14.9 Å². The highest BCUT2D eigenvalue weighted by Crippen LogP contribution is 2.36. The van der Waals surface area contributed by atoms with E-state index in [9.17, 15) is 14.9 Å². The Hall–Kier alpha value is -2.93. The van der Waals surface area contributed by atoms with Crippen LogP contribution in [0.25, 0.3) is 0 Å². The Labute approximate surface area is 119 Å². The summed E-state index contributed by atoms with van der Waals surface area (Å²) in [5, 5.41) is 13.6. The molecule has 3 N–H and O–H groups in total. The molecule has 1 aliphatic rings. The lowest BCUT2D eigenvalue weighted by atomic mass is 10.1. The number of nitro groups is 1. The van der Waals surface area contributed by atoms with E-state index in [0.29, 0.717) is 17.0 Å². The topological polar surface area (TPSA) is 107 Å². The van der Waals surface area contributed by atoms with Crippen molar-refractivity contribution in [2.24, 2.45) is 5.73 Å². The predicted molar refractivity (Wildman–Crippen MR) is 75.2 cm³/mol. The van der Waals surface area contributed by atoms with Crippen molar-refractivity contribution in [3.8, 4) is 11.5 Å². The molecule has 106 valence electrons. The van der Waals surface area contributed by atoms with Gasteiger partial charge in [0.1, 0.15) is 11.8 Å². The minimum Gasteiger partial charge on any atom is -0.450 e. The van der Waals surface area contributed by atoms with Crippen LogP contribution in [-0.2, 0) is 4.79 Å². The number of hydrogen-bond acceptors (Lipinski definition) is 5. The highest BCUT2D eigenvalue weighted by Gasteiger charge is 2.27. The zero-order valence-electron chi connectivity index (χ0n) is 10.8. The van der Waals surface area contributed by atoms with Crippen molar-refractivity contribution in [3.63, 3.8) is 0 Å². The number of carbonyl (C=O) groups is 1. The van der Waals surface area contributed by atoms with E-state index in [2.05, 4.69) is 5.32 Å². The lowest BCUT2D eigenvalue weighted by Crippen LogP contribution is -2.19. The van der Waals surface area contributed by atoms with E-state index in [-0.39, 0.29) is 17.3 Å². The Morgan fingerprint density at radius 1 is 1.24 bits per heavy atom. The minimum absolute atomic E-state index is 0.126. The first-order chi connectivity index (χ1) is 10.1. The summed E-state index contributed by atoms with van der Waals surface area (Å²) < 4.78 is 5.53. The van der Waals surface area contributed by atoms with Crippen LogP contribution in [0.1, 0.15) is 11.6 Å². The quantitative estimate of drug-likeness (QED) is 0.664. The average Bonchev–Trinajstić information content (AvgIpc) is 2.74. The number of fused-ring (bicyclic) bond motifs is 1. The summed E-state index contributed by atoms with van der Waals surface area (Å²) in [4.78, 5) is 21.9. The van der Waals surface area contributed by atoms with Crippen LogP contribution in [0.2, 0.25) is 0 Å². The molecular weight excluding hydrogens is 274 g/mol. The minimum atomic E-state index is -0.694. The SMILES string of the molecule is NC1C(=O)Nc2cc(Oc3ccccc3[N+](=O)[O-])ccc21. The van der Waals surface area contributed by atoms with Gasteiger partial charge < -0.3 is 15.8 Å². The Morgan fingerprint density at radius 2 is 2.00 bits per heavy atom. The van der Waals surface area contributed by atoms with Gasteiger partial charge in [0.2, 0.25) is 11.7 Å². The molecule has 7 heteroatoms. The first kappa shape index (κ1) is 13.1. The third-order valence-electron chi connectivity index (χ3n) is 3.19. The zero-order chi connectivity index (χ0) is 15.0. The zero-order valence-corrected chi connectivity index (χ0v) is 10.8. The summed E-state index contributed by atoms with van der Waals surface area (Å²) in [5.41, 5.74) is 6.82. The molecule has 0 saturated heterocycles. The lowest BCUT2D eigenvalue weighted by molar-refractivity contribution is -0.385. The number of hydrogen-bond donors (Lipinski definition) is 2. The standard InChI is InChI=1S/C14H11N3O4/c15-13-9-6-5-8(7-10(9)16-14(13)18)21-12-4-2-1-3-11(12)17(19)20/h1-7,13H,15H2,(H,16,18). The molecule has 0 aromatic heterocycles. The van der Waals surface area contributed by atoms with Crippen LogP contribution in [0, 0.1) is 10.1 Å². The molecule has 0 spiro atoms. The number of anilines is 1. The summed E-state index contributed by atoms with van der Waals surface area (Å²) >= 11 is 0. The van der Waals surface area contributed by atoms with Gasteiger partial charge in [0, 0.05) is 23.4 Å². The van der Waals surface area contributed by atoms with Crippen molar-refractivity contribution >= 4 is 17.3 Å². The van der Waals surface area contributed by atoms with E-state index >= 15 is 0 Å². The Balaban J connectivity index is 1.93. The molecule has 21 heavy (non-hydrogen) atoms. The monoisotopic (exact) mass is 285 g/mol. The number of nitrogens with one attached hydrogen (secondary N) is 1. The number of nitrogens with two attached hydrogens (primary N) is 1. The summed E-state index contributed by atoms with van der Waals surface area (Å²) in [6.45, 7) is 0. The second-order valence-electron chi connectivity index (χ2n) is 4.54. The van der Waals surface area contributed by atoms with Gasteiger partial charge in [-0.2, -0.15) is 0 Å². The first-order valence-electron chi connectivity index (χ1n) is 6.18. The van der Waals surface area contributed by atoms with Gasteiger partial charge in [-0.25, -0.2) is 0 Å². The summed E-state index contributed by atoms with van der Waals surface area (Å²) in [6.07, 6.45) is 0. The third-order valence-corrected chi connectivity index (χ3v) is 3.19. The number of ether oxygens (including phenoxy) is 1.